The molecule has 0 heterocycles. The minimum Gasteiger partial charge on any atom is -0.474 e. The fourth-order valence-electron chi connectivity index (χ4n) is 0. The highest BCUT2D eigenvalue weighted by Gasteiger charge is 1.84. The zero-order valence-electron chi connectivity index (χ0n) is 3.85. The zero-order valence-corrected chi connectivity index (χ0v) is 6.83. The first-order valence-corrected chi connectivity index (χ1v) is 3.79. The van der Waals surface area contributed by atoms with E-state index in [-0.39, 0.29) is 0 Å². The Labute approximate surface area is 64.6 Å². The van der Waals surface area contributed by atoms with Gasteiger partial charge in [0.2, 0.25) is 0 Å². The van der Waals surface area contributed by atoms with E-state index in [0.29, 0.717) is 0 Å². The van der Waals surface area contributed by atoms with Crippen molar-refractivity contribution in [1.82, 2.24) is 0 Å². The summed E-state index contributed by atoms with van der Waals surface area (Å²) in [6.45, 7) is 0. The Balaban J connectivity index is 0. The second kappa shape index (κ2) is 4.90. The monoisotopic (exact) mass is 270 g/mol. The second-order valence-corrected chi connectivity index (χ2v) is 2.52. The lowest BCUT2D eigenvalue weighted by Crippen LogP contribution is -1.89. The van der Waals surface area contributed by atoms with Crippen LogP contribution in [0.1, 0.15) is 0 Å². The van der Waals surface area contributed by atoms with Crippen molar-refractivity contribution >= 4 is 37.0 Å². The van der Waals surface area contributed by atoms with Crippen LogP contribution >= 0.6 is 22.6 Å². The predicted molar refractivity (Wildman–Crippen MR) is 36.2 cm³/mol. The van der Waals surface area contributed by atoms with Crippen molar-refractivity contribution in [2.24, 2.45) is 0 Å². The van der Waals surface area contributed by atoms with E-state index in [0.717, 1.165) is 0 Å². The summed E-state index contributed by atoms with van der Waals surface area (Å²) >= 11 is 1.26. The molecule has 0 saturated heterocycles. The molecule has 0 unspecified atom stereocenters. The number of carbonyl (C=O) groups is 1. The molecule has 9 heavy (non-hydrogen) atoms. The summed E-state index contributed by atoms with van der Waals surface area (Å²) in [6, 6.07) is 0. The highest BCUT2D eigenvalue weighted by molar-refractivity contribution is 14.1. The zero-order chi connectivity index (χ0) is 8.08. The average molecular weight is 270 g/mol. The number of halogens is 1. The molecule has 0 atom stereocenters. The molecule has 0 radical (unpaired) electrons. The summed E-state index contributed by atoms with van der Waals surface area (Å²) in [5.41, 5.74) is 0. The van der Waals surface area contributed by atoms with Crippen molar-refractivity contribution in [2.75, 3.05) is 0 Å². The molecule has 6 nitrogen and oxygen atoms in total. The third kappa shape index (κ3) is 60700. The van der Waals surface area contributed by atoms with E-state index in [1.54, 1.807) is 0 Å². The Hall–Kier alpha value is 0.0700. The minimum atomic E-state index is -4.67. The normalized spacial score (nSPS) is 9.22. The summed E-state index contributed by atoms with van der Waals surface area (Å²) in [7, 11) is -4.67. The summed E-state index contributed by atoms with van der Waals surface area (Å²) in [4.78, 5) is 8.99. The fourth-order valence-corrected chi connectivity index (χ4v) is 0. The third-order valence-corrected chi connectivity index (χ3v) is 0. The molecule has 0 bridgehead atoms. The van der Waals surface area contributed by atoms with E-state index in [1.807, 2.05) is 0 Å². The van der Waals surface area contributed by atoms with Crippen LogP contribution < -0.4 is 0 Å². The Kier molecular flexibility index (Phi) is 6.44. The molecular weight excluding hydrogens is 267 g/mol. The van der Waals surface area contributed by atoms with Crippen LogP contribution in [-0.2, 0) is 10.4 Å². The number of hydrogen-bond acceptors (Lipinski definition) is 3. The van der Waals surface area contributed by atoms with Crippen molar-refractivity contribution in [2.45, 2.75) is 0 Å². The Morgan fingerprint density at radius 2 is 1.33 bits per heavy atom. The van der Waals surface area contributed by atoms with Crippen molar-refractivity contribution in [1.29, 1.82) is 0 Å². The van der Waals surface area contributed by atoms with Gasteiger partial charge >= 0.3 is 14.4 Å². The van der Waals surface area contributed by atoms with Gasteiger partial charge < -0.3 is 5.11 Å². The molecule has 0 spiro atoms. The minimum absolute atomic E-state index is 0.863. The van der Waals surface area contributed by atoms with Crippen LogP contribution in [0.25, 0.3) is 0 Å². The van der Waals surface area contributed by atoms with Crippen molar-refractivity contribution in [3.63, 3.8) is 0 Å². The smallest absolute Gasteiger partial charge is 0.394 e. The first-order valence-electron chi connectivity index (χ1n) is 1.32. The summed E-state index contributed by atoms with van der Waals surface area (Å²) in [6.07, 6.45) is 0. The molecule has 0 fully saturated rings. The SMILES string of the molecule is O=C(O)I.O=S(=O)(O)O. The maximum Gasteiger partial charge on any atom is 0.394 e. The molecule has 0 aromatic carbocycles. The van der Waals surface area contributed by atoms with Gasteiger partial charge in [0.1, 0.15) is 0 Å². The van der Waals surface area contributed by atoms with Gasteiger partial charge in [0.25, 0.3) is 0 Å². The van der Waals surface area contributed by atoms with Crippen LogP contribution in [-0.4, -0.2) is 26.6 Å². The van der Waals surface area contributed by atoms with Gasteiger partial charge in [-0.3, -0.25) is 9.11 Å². The highest BCUT2D eigenvalue weighted by atomic mass is 127. The molecule has 0 rings (SSSR count). The van der Waals surface area contributed by atoms with Crippen molar-refractivity contribution in [3.8, 4) is 0 Å². The third-order valence-electron chi connectivity index (χ3n) is 0. The molecule has 0 aliphatic carbocycles. The predicted octanol–water partition coefficient (Wildman–Crippen LogP) is 0.447. The number of hydrogen-bond donors (Lipinski definition) is 3. The molecule has 0 aromatic rings. The van der Waals surface area contributed by atoms with E-state index < -0.39 is 14.4 Å². The van der Waals surface area contributed by atoms with E-state index in [2.05, 4.69) is 0 Å². The highest BCUT2D eigenvalue weighted by Crippen LogP contribution is 1.76. The van der Waals surface area contributed by atoms with E-state index in [9.17, 15) is 0 Å². The lowest BCUT2D eigenvalue weighted by atomic mass is 11.7. The summed E-state index contributed by atoms with van der Waals surface area (Å²) in [5.74, 6) is 0. The second-order valence-electron chi connectivity index (χ2n) is 0.701. The molecule has 56 valence electrons. The van der Waals surface area contributed by atoms with E-state index >= 15 is 0 Å². The first kappa shape index (κ1) is 11.8. The lowest BCUT2D eigenvalue weighted by molar-refractivity contribution is 0.225. The van der Waals surface area contributed by atoms with Gasteiger partial charge in [-0.15, -0.1) is 0 Å². The van der Waals surface area contributed by atoms with Crippen LogP contribution in [0, 0.1) is 0 Å². The average Bonchev–Trinajstić information content (AvgIpc) is 1.19. The lowest BCUT2D eigenvalue weighted by Gasteiger charge is -1.68. The van der Waals surface area contributed by atoms with E-state index in [4.69, 9.17) is 27.4 Å². The van der Waals surface area contributed by atoms with Gasteiger partial charge in [0.05, 0.1) is 22.6 Å². The van der Waals surface area contributed by atoms with Crippen molar-refractivity contribution < 1.29 is 27.4 Å². The van der Waals surface area contributed by atoms with Crippen LogP contribution in [0.15, 0.2) is 0 Å². The Morgan fingerprint density at radius 1 is 1.33 bits per heavy atom. The van der Waals surface area contributed by atoms with Gasteiger partial charge in [-0.2, -0.15) is 8.42 Å². The first-order chi connectivity index (χ1) is 3.73. The Morgan fingerprint density at radius 3 is 1.33 bits per heavy atom. The van der Waals surface area contributed by atoms with Gasteiger partial charge in [-0.05, 0) is 0 Å². The standard InChI is InChI=1S/CHIO2.H2O4S/c2-1(3)4;1-5(2,3)4/h(H,3,4);(H2,1,2,3,4). The van der Waals surface area contributed by atoms with Crippen LogP contribution in [0.3, 0.4) is 0 Å². The maximum atomic E-state index is 8.99. The molecule has 0 saturated carbocycles. The van der Waals surface area contributed by atoms with E-state index in [1.165, 1.54) is 22.6 Å². The largest absolute Gasteiger partial charge is 0.474 e. The Bertz CT molecular complexity index is 155. The molecule has 0 aliphatic rings. The van der Waals surface area contributed by atoms with Crippen LogP contribution in [0.4, 0.5) is 4.79 Å². The number of carboxylic acid groups (broad SMARTS) is 1. The van der Waals surface area contributed by atoms with Gasteiger partial charge in [0.15, 0.2) is 0 Å². The molecule has 0 amide bonds. The topological polar surface area (TPSA) is 112 Å². The molecule has 0 aliphatic heterocycles. The molecule has 8 heteroatoms. The van der Waals surface area contributed by atoms with Gasteiger partial charge in [0, 0.05) is 0 Å². The van der Waals surface area contributed by atoms with Crippen LogP contribution in [0.5, 0.6) is 0 Å². The van der Waals surface area contributed by atoms with Gasteiger partial charge in [-0.25, -0.2) is 4.79 Å². The van der Waals surface area contributed by atoms with Crippen LogP contribution in [0.2, 0.25) is 0 Å². The van der Waals surface area contributed by atoms with Crippen molar-refractivity contribution in [3.05, 3.63) is 0 Å². The summed E-state index contributed by atoms with van der Waals surface area (Å²) < 4.78 is 30.7. The quantitative estimate of drug-likeness (QED) is 0.334. The fraction of sp³-hybridized carbons (Fsp3) is 0. The number of rotatable bonds is 0. The molecule has 0 aromatic heterocycles. The molecular formula is CH3IO6S. The summed E-state index contributed by atoms with van der Waals surface area (Å²) in [5, 5.41) is 7.40. The molecule has 3 N–H and O–H groups in total. The van der Waals surface area contributed by atoms with Gasteiger partial charge in [-0.1, -0.05) is 0 Å². The maximum absolute atomic E-state index is 8.99.